The summed E-state index contributed by atoms with van der Waals surface area (Å²) in [5.41, 5.74) is 1.58. The van der Waals surface area contributed by atoms with Gasteiger partial charge in [-0.3, -0.25) is 4.79 Å². The van der Waals surface area contributed by atoms with Crippen LogP contribution in [0.25, 0.3) is 21.1 Å². The van der Waals surface area contributed by atoms with Crippen LogP contribution in [0.4, 0.5) is 0 Å². The van der Waals surface area contributed by atoms with E-state index >= 15 is 0 Å². The minimum absolute atomic E-state index is 0.181. The number of rotatable bonds is 6. The third-order valence-corrected chi connectivity index (χ3v) is 6.09. The lowest BCUT2D eigenvalue weighted by Gasteiger charge is -2.01. The van der Waals surface area contributed by atoms with E-state index in [1.54, 1.807) is 19.3 Å². The molecule has 0 bridgehead atoms. The summed E-state index contributed by atoms with van der Waals surface area (Å²) in [4.78, 5) is 27.0. The standard InChI is InChI=1S/C16H14ClN3O2S3/c1-3-22-13(21)6-11-14(10-4-5-12(17)24-10)20-15(25-11)9-7-18-16(23-2)19-8-9/h4-5,7-8H,3,6H2,1-2H3. The quantitative estimate of drug-likeness (QED) is 0.329. The predicted molar refractivity (Wildman–Crippen MR) is 104 cm³/mol. The lowest BCUT2D eigenvalue weighted by Crippen LogP contribution is -2.06. The molecule has 0 fully saturated rings. The van der Waals surface area contributed by atoms with Crippen LogP contribution in [-0.4, -0.2) is 33.8 Å². The summed E-state index contributed by atoms with van der Waals surface area (Å²) in [5, 5.41) is 1.48. The first-order valence-corrected chi connectivity index (χ1v) is 10.6. The van der Waals surface area contributed by atoms with Gasteiger partial charge in [-0.15, -0.1) is 22.7 Å². The zero-order valence-electron chi connectivity index (χ0n) is 13.5. The maximum atomic E-state index is 11.9. The maximum absolute atomic E-state index is 11.9. The average molecular weight is 412 g/mol. The zero-order chi connectivity index (χ0) is 17.8. The van der Waals surface area contributed by atoms with Gasteiger partial charge in [0.15, 0.2) is 5.16 Å². The molecule has 0 amide bonds. The Kier molecular flexibility index (Phi) is 6.06. The Morgan fingerprint density at radius 1 is 1.28 bits per heavy atom. The van der Waals surface area contributed by atoms with Crippen molar-refractivity contribution in [2.45, 2.75) is 18.5 Å². The van der Waals surface area contributed by atoms with E-state index in [2.05, 4.69) is 9.97 Å². The van der Waals surface area contributed by atoms with E-state index < -0.39 is 0 Å². The third-order valence-electron chi connectivity index (χ3n) is 3.17. The van der Waals surface area contributed by atoms with Crippen molar-refractivity contribution in [3.8, 4) is 21.1 Å². The van der Waals surface area contributed by atoms with Crippen molar-refractivity contribution in [2.75, 3.05) is 12.9 Å². The average Bonchev–Trinajstić information content (AvgIpc) is 3.21. The maximum Gasteiger partial charge on any atom is 0.311 e. The molecule has 0 spiro atoms. The molecule has 9 heteroatoms. The van der Waals surface area contributed by atoms with Gasteiger partial charge in [0.05, 0.1) is 27.9 Å². The van der Waals surface area contributed by atoms with Gasteiger partial charge in [-0.05, 0) is 25.3 Å². The van der Waals surface area contributed by atoms with Gasteiger partial charge in [0, 0.05) is 22.8 Å². The van der Waals surface area contributed by atoms with Gasteiger partial charge in [0.1, 0.15) is 5.01 Å². The number of nitrogens with zero attached hydrogens (tertiary/aromatic N) is 3. The van der Waals surface area contributed by atoms with Gasteiger partial charge >= 0.3 is 5.97 Å². The summed E-state index contributed by atoms with van der Waals surface area (Å²) >= 11 is 10.4. The number of thioether (sulfide) groups is 1. The molecule has 0 radical (unpaired) electrons. The summed E-state index contributed by atoms with van der Waals surface area (Å²) in [6, 6.07) is 3.74. The third kappa shape index (κ3) is 4.38. The van der Waals surface area contributed by atoms with Crippen LogP contribution < -0.4 is 0 Å². The number of halogens is 1. The smallest absolute Gasteiger partial charge is 0.311 e. The van der Waals surface area contributed by atoms with Crippen molar-refractivity contribution in [1.29, 1.82) is 0 Å². The molecule has 0 aliphatic heterocycles. The van der Waals surface area contributed by atoms with Gasteiger partial charge < -0.3 is 4.74 Å². The van der Waals surface area contributed by atoms with Gasteiger partial charge in [-0.25, -0.2) is 15.0 Å². The normalized spacial score (nSPS) is 10.8. The highest BCUT2D eigenvalue weighted by Crippen LogP contribution is 2.38. The molecule has 0 unspecified atom stereocenters. The van der Waals surface area contributed by atoms with Crippen molar-refractivity contribution in [1.82, 2.24) is 15.0 Å². The monoisotopic (exact) mass is 411 g/mol. The topological polar surface area (TPSA) is 65.0 Å². The fourth-order valence-electron chi connectivity index (χ4n) is 2.10. The molecular weight excluding hydrogens is 398 g/mol. The van der Waals surface area contributed by atoms with Gasteiger partial charge in [0.25, 0.3) is 0 Å². The molecule has 0 saturated carbocycles. The summed E-state index contributed by atoms with van der Waals surface area (Å²) in [5.74, 6) is -0.268. The van der Waals surface area contributed by atoms with Crippen LogP contribution >= 0.6 is 46.0 Å². The predicted octanol–water partition coefficient (Wildman–Crippen LogP) is 4.81. The molecule has 3 aromatic rings. The molecule has 3 heterocycles. The lowest BCUT2D eigenvalue weighted by atomic mass is 10.2. The Labute approximate surface area is 162 Å². The van der Waals surface area contributed by atoms with Crippen molar-refractivity contribution in [3.05, 3.63) is 33.7 Å². The molecule has 0 saturated heterocycles. The van der Waals surface area contributed by atoms with E-state index in [0.717, 1.165) is 26.0 Å². The van der Waals surface area contributed by atoms with Gasteiger partial charge in [-0.2, -0.15) is 0 Å². The largest absolute Gasteiger partial charge is 0.466 e. The Balaban J connectivity index is 1.99. The molecule has 25 heavy (non-hydrogen) atoms. The first-order chi connectivity index (χ1) is 12.1. The first kappa shape index (κ1) is 18.3. The van der Waals surface area contributed by atoms with Crippen molar-refractivity contribution in [3.63, 3.8) is 0 Å². The summed E-state index contributed by atoms with van der Waals surface area (Å²) in [7, 11) is 0. The highest BCUT2D eigenvalue weighted by molar-refractivity contribution is 7.98. The molecule has 0 N–H and O–H groups in total. The number of ether oxygens (including phenoxy) is 1. The number of hydrogen-bond donors (Lipinski definition) is 0. The number of thiazole rings is 1. The van der Waals surface area contributed by atoms with Crippen molar-refractivity contribution in [2.24, 2.45) is 0 Å². The fourth-order valence-corrected chi connectivity index (χ4v) is 4.58. The van der Waals surface area contributed by atoms with Crippen LogP contribution in [-0.2, 0) is 16.0 Å². The molecule has 0 aliphatic carbocycles. The highest BCUT2D eigenvalue weighted by atomic mass is 35.5. The van der Waals surface area contributed by atoms with Crippen LogP contribution in [0.5, 0.6) is 0 Å². The minimum Gasteiger partial charge on any atom is -0.466 e. The summed E-state index contributed by atoms with van der Waals surface area (Å²) < 4.78 is 5.76. The summed E-state index contributed by atoms with van der Waals surface area (Å²) in [6.45, 7) is 2.15. The molecule has 130 valence electrons. The fraction of sp³-hybridized carbons (Fsp3) is 0.250. The van der Waals surface area contributed by atoms with Gasteiger partial charge in [-0.1, -0.05) is 23.4 Å². The first-order valence-electron chi connectivity index (χ1n) is 7.38. The van der Waals surface area contributed by atoms with Crippen molar-refractivity contribution >= 4 is 52.0 Å². The minimum atomic E-state index is -0.268. The molecule has 5 nitrogen and oxygen atoms in total. The second kappa shape index (κ2) is 8.27. The van der Waals surface area contributed by atoms with Crippen molar-refractivity contribution < 1.29 is 9.53 Å². The van der Waals surface area contributed by atoms with E-state index in [9.17, 15) is 4.79 Å². The van der Waals surface area contributed by atoms with E-state index in [4.69, 9.17) is 21.3 Å². The number of carbonyl (C=O) groups is 1. The lowest BCUT2D eigenvalue weighted by molar-refractivity contribution is -0.142. The number of aromatic nitrogens is 3. The molecular formula is C16H14ClN3O2S3. The number of carbonyl (C=O) groups excluding carboxylic acids is 1. The van der Waals surface area contributed by atoms with Crippen LogP contribution in [0.15, 0.2) is 29.7 Å². The Hall–Kier alpha value is -1.48. The number of thiophene rings is 1. The number of esters is 1. The molecule has 3 rings (SSSR count). The Bertz CT molecular complexity index is 877. The number of hydrogen-bond acceptors (Lipinski definition) is 8. The zero-order valence-corrected chi connectivity index (χ0v) is 16.7. The molecule has 0 aromatic carbocycles. The van der Waals surface area contributed by atoms with E-state index in [1.807, 2.05) is 18.4 Å². The molecule has 3 aromatic heterocycles. The van der Waals surface area contributed by atoms with Crippen LogP contribution in [0.2, 0.25) is 4.34 Å². The van der Waals surface area contributed by atoms with E-state index in [1.165, 1.54) is 34.4 Å². The Morgan fingerprint density at radius 3 is 2.64 bits per heavy atom. The SMILES string of the molecule is CCOC(=O)Cc1sc(-c2cnc(SC)nc2)nc1-c1ccc(Cl)s1. The van der Waals surface area contributed by atoms with Crippen LogP contribution in [0.1, 0.15) is 11.8 Å². The molecule has 0 atom stereocenters. The van der Waals surface area contributed by atoms with Crippen LogP contribution in [0, 0.1) is 0 Å². The van der Waals surface area contributed by atoms with E-state index in [-0.39, 0.29) is 12.4 Å². The second-order valence-corrected chi connectivity index (χ2v) is 8.41. The Morgan fingerprint density at radius 2 is 2.04 bits per heavy atom. The second-order valence-electron chi connectivity index (χ2n) is 4.83. The summed E-state index contributed by atoms with van der Waals surface area (Å²) in [6.07, 6.45) is 5.60. The van der Waals surface area contributed by atoms with Gasteiger partial charge in [0.2, 0.25) is 0 Å². The van der Waals surface area contributed by atoms with Crippen LogP contribution in [0.3, 0.4) is 0 Å². The highest BCUT2D eigenvalue weighted by Gasteiger charge is 2.19. The molecule has 0 aliphatic rings. The van der Waals surface area contributed by atoms with E-state index in [0.29, 0.717) is 16.1 Å².